The molecule has 1 N–H and O–H groups in total. The van der Waals surface area contributed by atoms with Crippen molar-refractivity contribution in [2.24, 2.45) is 11.3 Å². The molecule has 1 heterocycles. The van der Waals surface area contributed by atoms with Gasteiger partial charge in [-0.05, 0) is 51.6 Å². The molecule has 2 saturated carbocycles. The molecule has 1 aliphatic heterocycles. The molecule has 0 bridgehead atoms. The molecule has 0 aromatic heterocycles. The van der Waals surface area contributed by atoms with E-state index in [9.17, 15) is 14.4 Å². The van der Waals surface area contributed by atoms with E-state index in [0.717, 1.165) is 37.9 Å². The Hall–Kier alpha value is -1.69. The lowest BCUT2D eigenvalue weighted by Gasteiger charge is -2.51. The highest BCUT2D eigenvalue weighted by Crippen LogP contribution is 2.60. The van der Waals surface area contributed by atoms with E-state index in [1.54, 1.807) is 0 Å². The van der Waals surface area contributed by atoms with E-state index in [0.29, 0.717) is 19.3 Å². The fourth-order valence-electron chi connectivity index (χ4n) is 5.40. The quantitative estimate of drug-likeness (QED) is 0.758. The van der Waals surface area contributed by atoms with Gasteiger partial charge in [0.1, 0.15) is 11.7 Å². The monoisotopic (exact) mass is 363 g/mol. The van der Waals surface area contributed by atoms with Gasteiger partial charge in [0.25, 0.3) is 0 Å². The number of ether oxygens (including phenoxy) is 2. The lowest BCUT2D eigenvalue weighted by atomic mass is 9.58. The predicted molar refractivity (Wildman–Crippen MR) is 95.3 cm³/mol. The van der Waals surface area contributed by atoms with Crippen molar-refractivity contribution in [1.29, 1.82) is 0 Å². The van der Waals surface area contributed by atoms with Crippen molar-refractivity contribution in [2.75, 3.05) is 13.1 Å². The lowest BCUT2D eigenvalue weighted by Crippen LogP contribution is -2.54. The first-order valence-corrected chi connectivity index (χ1v) is 9.58. The van der Waals surface area contributed by atoms with Crippen molar-refractivity contribution < 1.29 is 23.9 Å². The second-order valence-electron chi connectivity index (χ2n) is 8.17. The molecule has 6 heteroatoms. The molecule has 2 fully saturated rings. The van der Waals surface area contributed by atoms with Crippen LogP contribution in [0.2, 0.25) is 0 Å². The van der Waals surface area contributed by atoms with E-state index < -0.39 is 17.1 Å². The van der Waals surface area contributed by atoms with Crippen LogP contribution in [0.3, 0.4) is 0 Å². The molecule has 1 spiro atoms. The maximum absolute atomic E-state index is 12.9. The second kappa shape index (κ2) is 7.14. The molecular formula is C20H29NO5. The van der Waals surface area contributed by atoms with Gasteiger partial charge >= 0.3 is 11.9 Å². The number of carbonyl (C=O) groups excluding carboxylic acids is 3. The van der Waals surface area contributed by atoms with Crippen LogP contribution < -0.4 is 5.32 Å². The summed E-state index contributed by atoms with van der Waals surface area (Å²) in [5.74, 6) is -0.515. The van der Waals surface area contributed by atoms with Gasteiger partial charge in [-0.1, -0.05) is 6.08 Å². The van der Waals surface area contributed by atoms with Crippen LogP contribution in [0.15, 0.2) is 11.6 Å². The molecule has 26 heavy (non-hydrogen) atoms. The summed E-state index contributed by atoms with van der Waals surface area (Å²) in [4.78, 5) is 36.3. The maximum Gasteiger partial charge on any atom is 0.303 e. The predicted octanol–water partition coefficient (Wildman–Crippen LogP) is 2.31. The zero-order valence-corrected chi connectivity index (χ0v) is 15.9. The van der Waals surface area contributed by atoms with Gasteiger partial charge in [-0.3, -0.25) is 14.4 Å². The van der Waals surface area contributed by atoms with Crippen molar-refractivity contribution in [1.82, 2.24) is 5.32 Å². The number of Topliss-reactive ketones (excluding diaryl/α,β-unsaturated/α-hetero) is 1. The number of nitrogens with one attached hydrogen (secondary N) is 1. The number of carbonyl (C=O) groups is 3. The molecule has 0 aromatic rings. The minimum absolute atomic E-state index is 0.0294. The van der Waals surface area contributed by atoms with Crippen LogP contribution in [0.5, 0.6) is 0 Å². The van der Waals surface area contributed by atoms with Crippen LogP contribution in [0.4, 0.5) is 0 Å². The molecular weight excluding hydrogens is 334 g/mol. The fraction of sp³-hybridized carbons (Fsp3) is 0.750. The van der Waals surface area contributed by atoms with Gasteiger partial charge in [0.05, 0.1) is 0 Å². The Labute approximate surface area is 154 Å². The van der Waals surface area contributed by atoms with Crippen molar-refractivity contribution in [3.63, 3.8) is 0 Å². The summed E-state index contributed by atoms with van der Waals surface area (Å²) in [6, 6.07) is 0. The maximum atomic E-state index is 12.9. The highest BCUT2D eigenvalue weighted by molar-refractivity contribution is 6.00. The van der Waals surface area contributed by atoms with E-state index >= 15 is 0 Å². The van der Waals surface area contributed by atoms with Gasteiger partial charge < -0.3 is 14.8 Å². The first-order chi connectivity index (χ1) is 12.3. The minimum Gasteiger partial charge on any atom is -0.461 e. The zero-order valence-electron chi connectivity index (χ0n) is 15.9. The van der Waals surface area contributed by atoms with Crippen molar-refractivity contribution >= 4 is 17.7 Å². The Balaban J connectivity index is 2.04. The van der Waals surface area contributed by atoms with E-state index in [1.807, 2.05) is 13.0 Å². The van der Waals surface area contributed by atoms with Gasteiger partial charge in [-0.25, -0.2) is 0 Å². The van der Waals surface area contributed by atoms with Crippen molar-refractivity contribution in [2.45, 2.75) is 71.0 Å². The molecule has 4 unspecified atom stereocenters. The Morgan fingerprint density at radius 1 is 1.19 bits per heavy atom. The summed E-state index contributed by atoms with van der Waals surface area (Å²) in [7, 11) is 0. The third kappa shape index (κ3) is 3.43. The smallest absolute Gasteiger partial charge is 0.303 e. The van der Waals surface area contributed by atoms with E-state index in [-0.39, 0.29) is 23.6 Å². The average molecular weight is 363 g/mol. The summed E-state index contributed by atoms with van der Waals surface area (Å²) in [5.41, 5.74) is -0.328. The molecule has 0 radical (unpaired) electrons. The lowest BCUT2D eigenvalue weighted by molar-refractivity contribution is -0.185. The first kappa shape index (κ1) is 19.1. The van der Waals surface area contributed by atoms with Gasteiger partial charge in [-0.15, -0.1) is 0 Å². The Morgan fingerprint density at radius 2 is 1.96 bits per heavy atom. The summed E-state index contributed by atoms with van der Waals surface area (Å²) < 4.78 is 11.4. The van der Waals surface area contributed by atoms with Crippen LogP contribution in [0.25, 0.3) is 0 Å². The number of esters is 2. The molecule has 2 aliphatic carbocycles. The Morgan fingerprint density at radius 3 is 2.65 bits per heavy atom. The van der Waals surface area contributed by atoms with Gasteiger partial charge in [0, 0.05) is 37.7 Å². The SMILES string of the molecule is CC(=O)OC1CC(C)(OC(C)=O)CC2CC(=O)C3=CCCNCCCC321. The molecule has 3 rings (SSSR count). The summed E-state index contributed by atoms with van der Waals surface area (Å²) in [5, 5.41) is 3.39. The van der Waals surface area contributed by atoms with Crippen LogP contribution >= 0.6 is 0 Å². The minimum atomic E-state index is -0.714. The van der Waals surface area contributed by atoms with Crippen LogP contribution in [-0.2, 0) is 23.9 Å². The average Bonchev–Trinajstić information content (AvgIpc) is 2.82. The third-order valence-corrected chi connectivity index (χ3v) is 6.14. The molecule has 4 atom stereocenters. The highest BCUT2D eigenvalue weighted by atomic mass is 16.6. The van der Waals surface area contributed by atoms with E-state index in [4.69, 9.17) is 9.47 Å². The number of ketones is 1. The molecule has 0 saturated heterocycles. The van der Waals surface area contributed by atoms with Crippen LogP contribution in [0, 0.1) is 11.3 Å². The third-order valence-electron chi connectivity index (χ3n) is 6.14. The molecule has 0 amide bonds. The Kier molecular flexibility index (Phi) is 5.24. The standard InChI is InChI=1S/C20H29NO5/c1-13(22)25-18-12-19(3,26-14(2)23)11-15-10-17(24)16-6-4-8-21-9-5-7-20(15,16)18/h6,15,18,21H,4-5,7-12H2,1-3H3. The highest BCUT2D eigenvalue weighted by Gasteiger charge is 2.62. The van der Waals surface area contributed by atoms with Crippen LogP contribution in [-0.4, -0.2) is 42.5 Å². The molecule has 0 aromatic carbocycles. The van der Waals surface area contributed by atoms with Gasteiger partial charge in [-0.2, -0.15) is 0 Å². The number of rotatable bonds is 2. The normalized spacial score (nSPS) is 37.3. The van der Waals surface area contributed by atoms with Gasteiger partial charge in [0.15, 0.2) is 5.78 Å². The molecule has 6 nitrogen and oxygen atoms in total. The Bertz CT molecular complexity index is 642. The van der Waals surface area contributed by atoms with Gasteiger partial charge in [0.2, 0.25) is 0 Å². The van der Waals surface area contributed by atoms with E-state index in [1.165, 1.54) is 13.8 Å². The summed E-state index contributed by atoms with van der Waals surface area (Å²) >= 11 is 0. The summed E-state index contributed by atoms with van der Waals surface area (Å²) in [6.07, 6.45) is 5.61. The molecule has 3 aliphatic rings. The zero-order chi connectivity index (χ0) is 18.9. The number of hydrogen-bond donors (Lipinski definition) is 1. The fourth-order valence-corrected chi connectivity index (χ4v) is 5.40. The number of hydrogen-bond acceptors (Lipinski definition) is 6. The van der Waals surface area contributed by atoms with Crippen LogP contribution in [0.1, 0.15) is 59.3 Å². The van der Waals surface area contributed by atoms with E-state index in [2.05, 4.69) is 5.32 Å². The second-order valence-corrected chi connectivity index (χ2v) is 8.17. The molecule has 144 valence electrons. The van der Waals surface area contributed by atoms with Crippen molar-refractivity contribution in [3.05, 3.63) is 11.6 Å². The first-order valence-electron chi connectivity index (χ1n) is 9.58. The topological polar surface area (TPSA) is 81.7 Å². The summed E-state index contributed by atoms with van der Waals surface area (Å²) in [6.45, 7) is 6.42. The largest absolute Gasteiger partial charge is 0.461 e. The van der Waals surface area contributed by atoms with Crippen molar-refractivity contribution in [3.8, 4) is 0 Å².